The summed E-state index contributed by atoms with van der Waals surface area (Å²) >= 11 is 0. The molecule has 1 aliphatic rings. The summed E-state index contributed by atoms with van der Waals surface area (Å²) in [6.07, 6.45) is 9.76. The average Bonchev–Trinajstić information content (AvgIpc) is 3.20. The van der Waals surface area contributed by atoms with Gasteiger partial charge < -0.3 is 11.5 Å². The van der Waals surface area contributed by atoms with E-state index in [1.54, 1.807) is 0 Å². The van der Waals surface area contributed by atoms with Gasteiger partial charge in [0, 0.05) is 5.39 Å². The second-order valence-electron chi connectivity index (χ2n) is 13.1. The predicted octanol–water partition coefficient (Wildman–Crippen LogP) is 12.5. The number of anilines is 2. The molecule has 8 nitrogen and oxygen atoms in total. The van der Waals surface area contributed by atoms with Gasteiger partial charge in [-0.25, -0.2) is 0 Å². The molecule has 6 aromatic carbocycles. The third-order valence-corrected chi connectivity index (χ3v) is 9.50. The smallest absolute Gasteiger partial charge is 0.117 e. The van der Waals surface area contributed by atoms with Crippen molar-refractivity contribution in [2.75, 3.05) is 11.5 Å². The van der Waals surface area contributed by atoms with Crippen LogP contribution in [-0.4, -0.2) is 0 Å². The topological polar surface area (TPSA) is 149 Å². The van der Waals surface area contributed by atoms with Crippen LogP contribution in [-0.2, 0) is 6.42 Å². The van der Waals surface area contributed by atoms with Crippen molar-refractivity contribution in [3.05, 3.63) is 160 Å². The Bertz CT molecular complexity index is 2630. The summed E-state index contributed by atoms with van der Waals surface area (Å²) in [4.78, 5) is 0. The lowest BCUT2D eigenvalue weighted by atomic mass is 9.93. The number of hydrogen-bond donors (Lipinski definition) is 2. The van der Waals surface area contributed by atoms with E-state index in [1.807, 2.05) is 129 Å². The van der Waals surface area contributed by atoms with Crippen molar-refractivity contribution in [2.24, 2.45) is 20.5 Å². The Hall–Kier alpha value is -7.42. The first-order chi connectivity index (χ1) is 26.3. The van der Waals surface area contributed by atoms with E-state index in [2.05, 4.69) is 50.8 Å². The molecule has 6 aromatic rings. The van der Waals surface area contributed by atoms with E-state index in [1.165, 1.54) is 0 Å². The van der Waals surface area contributed by atoms with E-state index in [9.17, 15) is 10.5 Å². The number of nitrogen functional groups attached to an aromatic ring is 2. The first-order valence-corrected chi connectivity index (χ1v) is 17.6. The Kier molecular flexibility index (Phi) is 10.0. The summed E-state index contributed by atoms with van der Waals surface area (Å²) in [6.45, 7) is 3.95. The Labute approximate surface area is 314 Å². The Morgan fingerprint density at radius 1 is 0.630 bits per heavy atom. The predicted molar refractivity (Wildman–Crippen MR) is 221 cm³/mol. The summed E-state index contributed by atoms with van der Waals surface area (Å²) in [5, 5.41) is 40.0. The van der Waals surface area contributed by atoms with Gasteiger partial charge in [0.25, 0.3) is 0 Å². The molecule has 0 heterocycles. The van der Waals surface area contributed by atoms with Crippen molar-refractivity contribution in [1.29, 1.82) is 10.5 Å². The number of nitriles is 2. The highest BCUT2D eigenvalue weighted by molar-refractivity contribution is 5.99. The molecule has 0 saturated carbocycles. The van der Waals surface area contributed by atoms with Gasteiger partial charge in [-0.05, 0) is 125 Å². The summed E-state index contributed by atoms with van der Waals surface area (Å²) in [6, 6.07) is 39.2. The Balaban J connectivity index is 1.04. The highest BCUT2D eigenvalue weighted by Crippen LogP contribution is 2.38. The third-order valence-electron chi connectivity index (χ3n) is 9.50. The van der Waals surface area contributed by atoms with Crippen LogP contribution in [0.15, 0.2) is 136 Å². The molecule has 7 rings (SSSR count). The molecule has 1 aliphatic carbocycles. The van der Waals surface area contributed by atoms with E-state index >= 15 is 0 Å². The number of allylic oxidation sites excluding steroid dienone is 3. The largest absolute Gasteiger partial charge is 0.397 e. The minimum Gasteiger partial charge on any atom is -0.397 e. The molecule has 0 spiro atoms. The van der Waals surface area contributed by atoms with Crippen LogP contribution < -0.4 is 11.5 Å². The van der Waals surface area contributed by atoms with Gasteiger partial charge in [0.05, 0.1) is 46.0 Å². The zero-order chi connectivity index (χ0) is 37.6. The molecule has 8 heteroatoms. The van der Waals surface area contributed by atoms with E-state index < -0.39 is 0 Å². The SMILES string of the molecule is Cc1cc2c(c(N=Nc3ccc(/C=C(/C#N)c4ccc(/C(C#N)=C\c5ccc(N=Nc6c(N)c(C)cc7ccccc67)cc5)cc4)cc3)c1N)CCC=C2. The fourth-order valence-electron chi connectivity index (χ4n) is 6.45. The van der Waals surface area contributed by atoms with Crippen LogP contribution in [0.4, 0.5) is 34.1 Å². The van der Waals surface area contributed by atoms with Crippen LogP contribution in [0.2, 0.25) is 0 Å². The molecule has 0 radical (unpaired) electrons. The number of aryl methyl sites for hydroxylation is 2. The summed E-state index contributed by atoms with van der Waals surface area (Å²) in [5.41, 5.74) is 25.1. The molecule has 0 unspecified atom stereocenters. The second-order valence-corrected chi connectivity index (χ2v) is 13.1. The van der Waals surface area contributed by atoms with Gasteiger partial charge in [0.1, 0.15) is 11.4 Å². The maximum absolute atomic E-state index is 10.0. The fraction of sp³-hybridized carbons (Fsp3) is 0.0870. The minimum atomic E-state index is 0.492. The number of nitrogens with zero attached hydrogens (tertiary/aromatic N) is 6. The van der Waals surface area contributed by atoms with Gasteiger partial charge in [0.2, 0.25) is 0 Å². The number of hydrogen-bond acceptors (Lipinski definition) is 8. The van der Waals surface area contributed by atoms with Gasteiger partial charge in [-0.1, -0.05) is 84.9 Å². The quantitative estimate of drug-likeness (QED) is 0.0703. The lowest BCUT2D eigenvalue weighted by molar-refractivity contribution is 0.977. The Morgan fingerprint density at radius 2 is 1.15 bits per heavy atom. The average molecular weight is 701 g/mol. The molecule has 54 heavy (non-hydrogen) atoms. The Morgan fingerprint density at radius 3 is 1.72 bits per heavy atom. The van der Waals surface area contributed by atoms with Gasteiger partial charge in [0.15, 0.2) is 0 Å². The van der Waals surface area contributed by atoms with Crippen molar-refractivity contribution >= 4 is 74.3 Å². The number of azo groups is 2. The molecule has 260 valence electrons. The molecule has 4 N–H and O–H groups in total. The van der Waals surface area contributed by atoms with Crippen molar-refractivity contribution < 1.29 is 0 Å². The molecule has 0 fully saturated rings. The zero-order valence-corrected chi connectivity index (χ0v) is 30.0. The van der Waals surface area contributed by atoms with Gasteiger partial charge in [-0.3, -0.25) is 0 Å². The van der Waals surface area contributed by atoms with E-state index in [0.29, 0.717) is 39.6 Å². The highest BCUT2D eigenvalue weighted by atomic mass is 15.1. The maximum atomic E-state index is 10.0. The van der Waals surface area contributed by atoms with Crippen molar-refractivity contribution in [2.45, 2.75) is 26.7 Å². The summed E-state index contributed by atoms with van der Waals surface area (Å²) in [7, 11) is 0. The van der Waals surface area contributed by atoms with Crippen LogP contribution in [0.3, 0.4) is 0 Å². The van der Waals surface area contributed by atoms with Crippen molar-refractivity contribution in [3.8, 4) is 12.1 Å². The lowest BCUT2D eigenvalue weighted by Gasteiger charge is -2.16. The van der Waals surface area contributed by atoms with Crippen LogP contribution >= 0.6 is 0 Å². The molecular weight excluding hydrogens is 665 g/mol. The molecule has 0 atom stereocenters. The lowest BCUT2D eigenvalue weighted by Crippen LogP contribution is -2.00. The number of rotatable bonds is 8. The van der Waals surface area contributed by atoms with Crippen LogP contribution in [0.25, 0.3) is 40.1 Å². The van der Waals surface area contributed by atoms with Gasteiger partial charge in [-0.2, -0.15) is 20.8 Å². The molecule has 0 aliphatic heterocycles. The normalized spacial score (nSPS) is 13.0. The standard InChI is InChI=1S/C46H36N8/c1-29-23-35-7-3-5-9-41(35)45(43(29)49)53-51-39-19-11-31(12-20-39)25-37(27-47)33-15-17-34(18-16-33)38(28-48)26-32-13-21-40(22-14-32)52-54-46-42-10-6-4-8-36(42)24-30(2)44(46)50/h3-5,7-9,11-26H,6,10,49-50H2,1-2H3/b37-25-,38-26-,53-51?,54-52?. The van der Waals surface area contributed by atoms with Crippen LogP contribution in [0, 0.1) is 36.5 Å². The number of benzene rings is 6. The maximum Gasteiger partial charge on any atom is 0.117 e. The first-order valence-electron chi connectivity index (χ1n) is 17.6. The summed E-state index contributed by atoms with van der Waals surface area (Å²) in [5.74, 6) is 0. The van der Waals surface area contributed by atoms with E-state index in [-0.39, 0.29) is 0 Å². The molecule has 0 amide bonds. The van der Waals surface area contributed by atoms with Crippen LogP contribution in [0.5, 0.6) is 0 Å². The molecule has 0 saturated heterocycles. The van der Waals surface area contributed by atoms with Crippen molar-refractivity contribution in [1.82, 2.24) is 0 Å². The molecule has 0 aromatic heterocycles. The fourth-order valence-corrected chi connectivity index (χ4v) is 6.45. The third kappa shape index (κ3) is 7.45. The molecule has 0 bridgehead atoms. The monoisotopic (exact) mass is 700 g/mol. The van der Waals surface area contributed by atoms with Gasteiger partial charge >= 0.3 is 0 Å². The highest BCUT2D eigenvalue weighted by Gasteiger charge is 2.15. The van der Waals surface area contributed by atoms with E-state index in [0.717, 1.165) is 73.8 Å². The number of nitrogens with two attached hydrogens (primary N) is 2. The van der Waals surface area contributed by atoms with Crippen LogP contribution in [0.1, 0.15) is 50.9 Å². The summed E-state index contributed by atoms with van der Waals surface area (Å²) < 4.78 is 0. The second kappa shape index (κ2) is 15.4. The zero-order valence-electron chi connectivity index (χ0n) is 30.0. The van der Waals surface area contributed by atoms with Gasteiger partial charge in [-0.15, -0.1) is 10.2 Å². The first kappa shape index (κ1) is 35.0. The van der Waals surface area contributed by atoms with Crippen molar-refractivity contribution in [3.63, 3.8) is 0 Å². The minimum absolute atomic E-state index is 0.492. The number of fused-ring (bicyclic) bond motifs is 2. The van der Waals surface area contributed by atoms with E-state index in [4.69, 9.17) is 11.5 Å². The molecular formula is C46H36N8.